The molecule has 0 aliphatic rings. The highest BCUT2D eigenvalue weighted by Crippen LogP contribution is 2.24. The Balaban J connectivity index is 2.52. The van der Waals surface area contributed by atoms with E-state index in [1.165, 1.54) is 5.56 Å². The normalized spacial score (nSPS) is 13.2. The monoisotopic (exact) mass is 279 g/mol. The largest absolute Gasteiger partial charge is 0.491 e. The lowest BCUT2D eigenvalue weighted by Gasteiger charge is -2.21. The van der Waals surface area contributed by atoms with Gasteiger partial charge in [-0.1, -0.05) is 25.1 Å². The van der Waals surface area contributed by atoms with Gasteiger partial charge in [-0.25, -0.2) is 0 Å². The van der Waals surface area contributed by atoms with Gasteiger partial charge in [-0.05, 0) is 46.7 Å². The molecule has 1 N–H and O–H groups in total. The number of nitrogens with one attached hydrogen (secondary N) is 1. The van der Waals surface area contributed by atoms with Crippen molar-refractivity contribution in [3.05, 3.63) is 29.8 Å². The second-order valence-corrected chi connectivity index (χ2v) is 6.02. The predicted octanol–water partition coefficient (Wildman–Crippen LogP) is 3.94. The lowest BCUT2D eigenvalue weighted by atomic mass is 10.1. The van der Waals surface area contributed by atoms with Crippen LogP contribution in [0.3, 0.4) is 0 Å². The highest BCUT2D eigenvalue weighted by atomic mass is 16.5. The molecule has 1 rings (SSSR count). The predicted molar refractivity (Wildman–Crippen MR) is 84.4 cm³/mol. The molecule has 1 atom stereocenters. The third-order valence-corrected chi connectivity index (χ3v) is 2.96. The second kappa shape index (κ2) is 8.28. The van der Waals surface area contributed by atoms with Crippen molar-refractivity contribution in [2.75, 3.05) is 19.8 Å². The van der Waals surface area contributed by atoms with Crippen LogP contribution in [0.4, 0.5) is 0 Å². The van der Waals surface area contributed by atoms with Gasteiger partial charge >= 0.3 is 0 Å². The third-order valence-electron chi connectivity index (χ3n) is 2.96. The molecular formula is C17H29NO2. The van der Waals surface area contributed by atoms with Crippen LogP contribution in [0.1, 0.15) is 52.6 Å². The number of hydrogen-bond acceptors (Lipinski definition) is 3. The minimum absolute atomic E-state index is 0.112. The molecule has 0 saturated heterocycles. The molecule has 0 aliphatic heterocycles. The summed E-state index contributed by atoms with van der Waals surface area (Å²) in [6.07, 6.45) is 1.13. The van der Waals surface area contributed by atoms with Gasteiger partial charge in [-0.3, -0.25) is 0 Å². The molecule has 0 spiro atoms. The minimum atomic E-state index is -0.112. The molecule has 3 nitrogen and oxygen atoms in total. The first-order chi connectivity index (χ1) is 9.44. The zero-order chi connectivity index (χ0) is 15.0. The maximum Gasteiger partial charge on any atom is 0.124 e. The van der Waals surface area contributed by atoms with Crippen molar-refractivity contribution >= 4 is 0 Å². The fourth-order valence-corrected chi connectivity index (χ4v) is 1.94. The second-order valence-electron chi connectivity index (χ2n) is 6.02. The van der Waals surface area contributed by atoms with Gasteiger partial charge in [-0.15, -0.1) is 0 Å². The van der Waals surface area contributed by atoms with E-state index in [1.807, 2.05) is 12.1 Å². The van der Waals surface area contributed by atoms with Gasteiger partial charge in [0.2, 0.25) is 0 Å². The summed E-state index contributed by atoms with van der Waals surface area (Å²) in [5.41, 5.74) is 1.09. The molecule has 1 aromatic carbocycles. The zero-order valence-electron chi connectivity index (χ0n) is 13.5. The van der Waals surface area contributed by atoms with Crippen LogP contribution in [-0.4, -0.2) is 25.4 Å². The van der Waals surface area contributed by atoms with Crippen LogP contribution in [-0.2, 0) is 4.74 Å². The van der Waals surface area contributed by atoms with Crippen LogP contribution in [0.15, 0.2) is 24.3 Å². The topological polar surface area (TPSA) is 30.5 Å². The van der Waals surface area contributed by atoms with Gasteiger partial charge < -0.3 is 14.8 Å². The first-order valence-electron chi connectivity index (χ1n) is 7.53. The van der Waals surface area contributed by atoms with Crippen LogP contribution in [0.2, 0.25) is 0 Å². The van der Waals surface area contributed by atoms with Crippen molar-refractivity contribution in [2.24, 2.45) is 0 Å². The summed E-state index contributed by atoms with van der Waals surface area (Å²) in [4.78, 5) is 0. The Labute approximate surface area is 123 Å². The molecule has 1 aromatic rings. The number of benzene rings is 1. The van der Waals surface area contributed by atoms with Crippen LogP contribution in [0.5, 0.6) is 5.75 Å². The highest BCUT2D eigenvalue weighted by molar-refractivity contribution is 5.35. The van der Waals surface area contributed by atoms with E-state index in [0.717, 1.165) is 18.7 Å². The molecule has 3 heteroatoms. The van der Waals surface area contributed by atoms with Crippen LogP contribution in [0.25, 0.3) is 0 Å². The van der Waals surface area contributed by atoms with Gasteiger partial charge in [0, 0.05) is 11.6 Å². The average Bonchev–Trinajstić information content (AvgIpc) is 2.40. The molecule has 0 saturated carbocycles. The van der Waals surface area contributed by atoms with E-state index in [4.69, 9.17) is 9.47 Å². The lowest BCUT2D eigenvalue weighted by Crippen LogP contribution is -2.23. The van der Waals surface area contributed by atoms with Gasteiger partial charge in [0.1, 0.15) is 12.4 Å². The summed E-state index contributed by atoms with van der Waals surface area (Å²) in [7, 11) is 0. The molecule has 0 bridgehead atoms. The molecule has 0 radical (unpaired) electrons. The number of rotatable bonds is 8. The molecule has 0 aromatic heterocycles. The van der Waals surface area contributed by atoms with Crippen molar-refractivity contribution in [1.29, 1.82) is 0 Å². The first kappa shape index (κ1) is 17.0. The Hall–Kier alpha value is -1.06. The molecular weight excluding hydrogens is 250 g/mol. The van der Waals surface area contributed by atoms with Gasteiger partial charge in [-0.2, -0.15) is 0 Å². The van der Waals surface area contributed by atoms with Crippen molar-refractivity contribution in [3.8, 4) is 5.75 Å². The highest BCUT2D eigenvalue weighted by Gasteiger charge is 2.12. The van der Waals surface area contributed by atoms with E-state index in [-0.39, 0.29) is 5.60 Å². The van der Waals surface area contributed by atoms with E-state index < -0.39 is 0 Å². The Bertz CT molecular complexity index is 385. The quantitative estimate of drug-likeness (QED) is 0.731. The van der Waals surface area contributed by atoms with Crippen LogP contribution < -0.4 is 10.1 Å². The molecule has 0 aliphatic carbocycles. The third kappa shape index (κ3) is 6.40. The van der Waals surface area contributed by atoms with Crippen molar-refractivity contribution in [2.45, 2.75) is 52.7 Å². The smallest absolute Gasteiger partial charge is 0.124 e. The van der Waals surface area contributed by atoms with Crippen molar-refractivity contribution in [3.63, 3.8) is 0 Å². The van der Waals surface area contributed by atoms with E-state index in [9.17, 15) is 0 Å². The number of ether oxygens (including phenoxy) is 2. The number of hydrogen-bond donors (Lipinski definition) is 1. The molecule has 114 valence electrons. The summed E-state index contributed by atoms with van der Waals surface area (Å²) in [6.45, 7) is 12.7. The van der Waals surface area contributed by atoms with Gasteiger partial charge in [0.05, 0.1) is 12.2 Å². The standard InChI is InChI=1S/C17H29NO2/c1-6-11-18-14(2)15-9-7-8-10-16(15)19-12-13-20-17(3,4)5/h7-10,14,18H,6,11-13H2,1-5H3. The zero-order valence-corrected chi connectivity index (χ0v) is 13.5. The number of para-hydroxylation sites is 1. The van der Waals surface area contributed by atoms with Crippen molar-refractivity contribution < 1.29 is 9.47 Å². The molecule has 0 heterocycles. The fraction of sp³-hybridized carbons (Fsp3) is 0.647. The molecule has 1 unspecified atom stereocenters. The Morgan fingerprint density at radius 1 is 1.15 bits per heavy atom. The summed E-state index contributed by atoms with van der Waals surface area (Å²) in [6, 6.07) is 8.51. The van der Waals surface area contributed by atoms with E-state index in [0.29, 0.717) is 19.3 Å². The van der Waals surface area contributed by atoms with Crippen LogP contribution >= 0.6 is 0 Å². The van der Waals surface area contributed by atoms with E-state index in [2.05, 4.69) is 52.1 Å². The van der Waals surface area contributed by atoms with E-state index >= 15 is 0 Å². The fourth-order valence-electron chi connectivity index (χ4n) is 1.94. The van der Waals surface area contributed by atoms with Crippen molar-refractivity contribution in [1.82, 2.24) is 5.32 Å². The Morgan fingerprint density at radius 2 is 1.85 bits per heavy atom. The molecule has 0 fully saturated rings. The van der Waals surface area contributed by atoms with Gasteiger partial charge in [0.15, 0.2) is 0 Å². The minimum Gasteiger partial charge on any atom is -0.491 e. The van der Waals surface area contributed by atoms with Gasteiger partial charge in [0.25, 0.3) is 0 Å². The maximum atomic E-state index is 5.87. The summed E-state index contributed by atoms with van der Waals surface area (Å²) in [5.74, 6) is 0.945. The maximum absolute atomic E-state index is 5.87. The van der Waals surface area contributed by atoms with Crippen LogP contribution in [0, 0.1) is 0 Å². The summed E-state index contributed by atoms with van der Waals surface area (Å²) in [5, 5.41) is 3.49. The average molecular weight is 279 g/mol. The summed E-state index contributed by atoms with van der Waals surface area (Å²) < 4.78 is 11.5. The lowest BCUT2D eigenvalue weighted by molar-refractivity contribution is -0.0164. The molecule has 20 heavy (non-hydrogen) atoms. The molecule has 0 amide bonds. The Kier molecular flexibility index (Phi) is 7.03. The summed E-state index contributed by atoms with van der Waals surface area (Å²) >= 11 is 0. The SMILES string of the molecule is CCCNC(C)c1ccccc1OCCOC(C)(C)C. The van der Waals surface area contributed by atoms with E-state index in [1.54, 1.807) is 0 Å². The Morgan fingerprint density at radius 3 is 2.50 bits per heavy atom. The first-order valence-corrected chi connectivity index (χ1v) is 7.53.